The van der Waals surface area contributed by atoms with Crippen LogP contribution in [0, 0.1) is 10.8 Å². The Balaban J connectivity index is 1.70. The molecule has 1 aliphatic carbocycles. The molecule has 0 spiro atoms. The normalized spacial score (nSPS) is 29.0. The van der Waals surface area contributed by atoms with Crippen molar-refractivity contribution in [1.82, 2.24) is 4.90 Å². The van der Waals surface area contributed by atoms with Gasteiger partial charge in [-0.1, -0.05) is 32.9 Å². The number of carbonyl (C=O) groups excluding carboxylic acids is 1. The smallest absolute Gasteiger partial charge is 0.246 e. The maximum Gasteiger partial charge on any atom is 0.246 e. The number of ether oxygens (including phenoxy) is 1. The molecule has 1 aromatic rings. The summed E-state index contributed by atoms with van der Waals surface area (Å²) >= 11 is 0. The van der Waals surface area contributed by atoms with Crippen molar-refractivity contribution in [2.24, 2.45) is 10.8 Å². The molecule has 1 aromatic carbocycles. The van der Waals surface area contributed by atoms with E-state index in [0.717, 1.165) is 30.7 Å². The maximum absolute atomic E-state index is 12.7. The Morgan fingerprint density at radius 3 is 2.57 bits per heavy atom. The van der Waals surface area contributed by atoms with Crippen LogP contribution in [-0.4, -0.2) is 30.5 Å². The van der Waals surface area contributed by atoms with Gasteiger partial charge in [0.25, 0.3) is 0 Å². The zero-order chi connectivity index (χ0) is 16.7. The lowest BCUT2D eigenvalue weighted by atomic mass is 9.65. The number of amides is 1. The monoisotopic (exact) mass is 313 g/mol. The molecule has 0 N–H and O–H groups in total. The number of methoxy groups -OCH3 is 1. The van der Waals surface area contributed by atoms with Gasteiger partial charge in [-0.3, -0.25) is 4.79 Å². The van der Waals surface area contributed by atoms with Crippen molar-refractivity contribution in [3.63, 3.8) is 0 Å². The fourth-order valence-corrected chi connectivity index (χ4v) is 4.70. The number of hydrogen-bond donors (Lipinski definition) is 0. The first-order valence-electron chi connectivity index (χ1n) is 8.43. The highest BCUT2D eigenvalue weighted by atomic mass is 16.5. The molecular formula is C20H27NO2. The Kier molecular flexibility index (Phi) is 3.99. The molecule has 2 fully saturated rings. The molecule has 1 heterocycles. The lowest BCUT2D eigenvalue weighted by molar-refractivity contribution is -0.127. The summed E-state index contributed by atoms with van der Waals surface area (Å²) in [5, 5.41) is 0. The van der Waals surface area contributed by atoms with E-state index in [2.05, 4.69) is 25.7 Å². The van der Waals surface area contributed by atoms with Crippen LogP contribution in [0.15, 0.2) is 30.3 Å². The first-order valence-corrected chi connectivity index (χ1v) is 8.43. The predicted octanol–water partition coefficient (Wildman–Crippen LogP) is 4.14. The minimum atomic E-state index is 0.146. The second kappa shape index (κ2) is 5.70. The van der Waals surface area contributed by atoms with Crippen LogP contribution in [-0.2, 0) is 4.79 Å². The highest BCUT2D eigenvalue weighted by molar-refractivity contribution is 5.92. The molecule has 0 aromatic heterocycles. The molecule has 2 atom stereocenters. The van der Waals surface area contributed by atoms with Gasteiger partial charge in [0.2, 0.25) is 5.91 Å². The Bertz CT molecular complexity index is 617. The average Bonchev–Trinajstić information content (AvgIpc) is 2.74. The van der Waals surface area contributed by atoms with Gasteiger partial charge in [-0.25, -0.2) is 0 Å². The molecule has 3 rings (SSSR count). The summed E-state index contributed by atoms with van der Waals surface area (Å²) < 4.78 is 5.15. The van der Waals surface area contributed by atoms with Crippen molar-refractivity contribution in [3.05, 3.63) is 35.9 Å². The Labute approximate surface area is 139 Å². The molecule has 1 saturated carbocycles. The van der Waals surface area contributed by atoms with E-state index in [1.165, 1.54) is 6.42 Å². The van der Waals surface area contributed by atoms with Crippen LogP contribution in [0.5, 0.6) is 5.75 Å². The zero-order valence-corrected chi connectivity index (χ0v) is 14.6. The minimum Gasteiger partial charge on any atom is -0.497 e. The molecule has 0 radical (unpaired) electrons. The fraction of sp³-hybridized carbons (Fsp3) is 0.550. The first-order chi connectivity index (χ1) is 10.8. The van der Waals surface area contributed by atoms with Crippen LogP contribution in [0.25, 0.3) is 6.08 Å². The Hall–Kier alpha value is -1.77. The number of nitrogens with zero attached hydrogens (tertiary/aromatic N) is 1. The third kappa shape index (κ3) is 3.44. The lowest BCUT2D eigenvalue weighted by Gasteiger charge is -2.39. The van der Waals surface area contributed by atoms with Crippen LogP contribution < -0.4 is 4.74 Å². The topological polar surface area (TPSA) is 29.5 Å². The predicted molar refractivity (Wildman–Crippen MR) is 93.3 cm³/mol. The lowest BCUT2D eigenvalue weighted by Crippen LogP contribution is -2.36. The molecule has 124 valence electrons. The number of benzene rings is 1. The van der Waals surface area contributed by atoms with Gasteiger partial charge in [0.1, 0.15) is 5.75 Å². The van der Waals surface area contributed by atoms with Gasteiger partial charge in [0.15, 0.2) is 0 Å². The van der Waals surface area contributed by atoms with Gasteiger partial charge in [-0.05, 0) is 53.9 Å². The molecule has 2 bridgehead atoms. The summed E-state index contributed by atoms with van der Waals surface area (Å²) in [6.07, 6.45) is 7.10. The third-order valence-corrected chi connectivity index (χ3v) is 5.23. The van der Waals surface area contributed by atoms with Crippen molar-refractivity contribution in [1.29, 1.82) is 0 Å². The van der Waals surface area contributed by atoms with E-state index in [9.17, 15) is 4.79 Å². The summed E-state index contributed by atoms with van der Waals surface area (Å²) in [5.41, 5.74) is 1.65. The van der Waals surface area contributed by atoms with E-state index in [-0.39, 0.29) is 11.3 Å². The molecule has 3 nitrogen and oxygen atoms in total. The summed E-state index contributed by atoms with van der Waals surface area (Å²) in [7, 11) is 1.65. The number of fused-ring (bicyclic) bond motifs is 2. The van der Waals surface area contributed by atoms with Crippen molar-refractivity contribution in [2.75, 3.05) is 13.7 Å². The molecule has 2 aliphatic rings. The summed E-state index contributed by atoms with van der Waals surface area (Å²) in [6, 6.07) is 8.16. The number of likely N-dealkylation sites (tertiary alicyclic amines) is 1. The van der Waals surface area contributed by atoms with Crippen molar-refractivity contribution >= 4 is 12.0 Å². The van der Waals surface area contributed by atoms with E-state index < -0.39 is 0 Å². The van der Waals surface area contributed by atoms with Crippen molar-refractivity contribution in [3.8, 4) is 5.75 Å². The second-order valence-electron chi connectivity index (χ2n) is 8.29. The van der Waals surface area contributed by atoms with Crippen LogP contribution in [0.4, 0.5) is 0 Å². The number of rotatable bonds is 3. The van der Waals surface area contributed by atoms with Gasteiger partial charge in [0, 0.05) is 18.7 Å². The van der Waals surface area contributed by atoms with Gasteiger partial charge in [-0.2, -0.15) is 0 Å². The standard InChI is InChI=1S/C20H27NO2/c1-19(2)11-16-12-20(3,13-19)14-21(16)18(22)10-7-15-5-8-17(23-4)9-6-15/h5-10,16H,11-14H2,1-4H3/b10-7+/t16-,20+/m0/s1. The number of hydrogen-bond acceptors (Lipinski definition) is 2. The minimum absolute atomic E-state index is 0.146. The van der Waals surface area contributed by atoms with Crippen molar-refractivity contribution < 1.29 is 9.53 Å². The number of carbonyl (C=O) groups is 1. The molecular weight excluding hydrogens is 286 g/mol. The highest BCUT2D eigenvalue weighted by Crippen LogP contribution is 2.52. The SMILES string of the molecule is COc1ccc(/C=C/C(=O)N2C[C@]3(C)C[C@@H]2CC(C)(C)C3)cc1. The van der Waals surface area contributed by atoms with E-state index in [1.807, 2.05) is 30.3 Å². The highest BCUT2D eigenvalue weighted by Gasteiger charge is 2.50. The Morgan fingerprint density at radius 2 is 1.91 bits per heavy atom. The van der Waals surface area contributed by atoms with Gasteiger partial charge in [0.05, 0.1) is 7.11 Å². The van der Waals surface area contributed by atoms with Crippen LogP contribution >= 0.6 is 0 Å². The summed E-state index contributed by atoms with van der Waals surface area (Å²) in [5.74, 6) is 0.976. The second-order valence-corrected chi connectivity index (χ2v) is 8.29. The van der Waals surface area contributed by atoms with Crippen LogP contribution in [0.1, 0.15) is 45.6 Å². The van der Waals surface area contributed by atoms with Crippen LogP contribution in [0.3, 0.4) is 0 Å². The average molecular weight is 313 g/mol. The van der Waals surface area contributed by atoms with E-state index >= 15 is 0 Å². The summed E-state index contributed by atoms with van der Waals surface area (Å²) in [4.78, 5) is 14.7. The summed E-state index contributed by atoms with van der Waals surface area (Å²) in [6.45, 7) is 7.89. The van der Waals surface area contributed by atoms with Gasteiger partial charge in [-0.15, -0.1) is 0 Å². The van der Waals surface area contributed by atoms with Crippen molar-refractivity contribution in [2.45, 2.75) is 46.1 Å². The molecule has 1 saturated heterocycles. The fourth-order valence-electron chi connectivity index (χ4n) is 4.70. The van der Waals surface area contributed by atoms with E-state index in [0.29, 0.717) is 11.5 Å². The molecule has 1 aliphatic heterocycles. The molecule has 0 unspecified atom stereocenters. The third-order valence-electron chi connectivity index (χ3n) is 5.23. The van der Waals surface area contributed by atoms with Gasteiger partial charge >= 0.3 is 0 Å². The largest absolute Gasteiger partial charge is 0.497 e. The van der Waals surface area contributed by atoms with E-state index in [4.69, 9.17) is 4.74 Å². The van der Waals surface area contributed by atoms with Crippen LogP contribution in [0.2, 0.25) is 0 Å². The Morgan fingerprint density at radius 1 is 1.22 bits per heavy atom. The quantitative estimate of drug-likeness (QED) is 0.785. The van der Waals surface area contributed by atoms with Gasteiger partial charge < -0.3 is 9.64 Å². The molecule has 1 amide bonds. The maximum atomic E-state index is 12.7. The van der Waals surface area contributed by atoms with E-state index in [1.54, 1.807) is 13.2 Å². The molecule has 23 heavy (non-hydrogen) atoms. The molecule has 3 heteroatoms. The zero-order valence-electron chi connectivity index (χ0n) is 14.6. The first kappa shape index (κ1) is 16.1.